The summed E-state index contributed by atoms with van der Waals surface area (Å²) in [6, 6.07) is 83.8. The van der Waals surface area contributed by atoms with Crippen molar-refractivity contribution in [2.45, 2.75) is 0 Å². The third-order valence-electron chi connectivity index (χ3n) is 14.1. The second-order valence-corrected chi connectivity index (χ2v) is 18.4. The van der Waals surface area contributed by atoms with E-state index in [1.54, 1.807) is 0 Å². The van der Waals surface area contributed by atoms with Crippen LogP contribution < -0.4 is 0 Å². The van der Waals surface area contributed by atoms with Crippen LogP contribution in [0, 0.1) is 45.3 Å². The lowest BCUT2D eigenvalue weighted by molar-refractivity contribution is 1.07. The van der Waals surface area contributed by atoms with E-state index in [4.69, 9.17) is 15.0 Å². The largest absolute Gasteiger partial charge is 0.309 e. The monoisotopic (exact) mass is 967 g/mol. The molecule has 3 heterocycles. The Labute approximate surface area is 436 Å². The Morgan fingerprint density at radius 1 is 0.289 bits per heavy atom. The molecule has 76 heavy (non-hydrogen) atoms. The first-order valence-electron chi connectivity index (χ1n) is 24.6. The number of para-hydroxylation sites is 3. The number of aromatic nitrogens is 5. The van der Waals surface area contributed by atoms with Gasteiger partial charge in [-0.25, -0.2) is 15.0 Å². The fourth-order valence-corrected chi connectivity index (χ4v) is 10.7. The Morgan fingerprint density at radius 2 is 0.711 bits per heavy atom. The molecule has 0 saturated carbocycles. The highest BCUT2D eigenvalue weighted by Gasteiger charge is 2.24. The van der Waals surface area contributed by atoms with E-state index in [9.17, 15) is 21.0 Å². The summed E-state index contributed by atoms with van der Waals surface area (Å²) in [6.07, 6.45) is 0. The lowest BCUT2D eigenvalue weighted by Crippen LogP contribution is -2.04. The summed E-state index contributed by atoms with van der Waals surface area (Å²) in [6.45, 7) is 0. The summed E-state index contributed by atoms with van der Waals surface area (Å²) in [5, 5.41) is 44.7. The highest BCUT2D eigenvalue weighted by atomic mass is 15.0. The smallest absolute Gasteiger partial charge is 0.164 e. The SMILES string of the molecule is N#Cc1cccc(-c2ccc(-n3c4ccccc4c4cc(-c5c(C#N)cc(C#N)cc5C#N)ccc43)c(-c3cc(-c4nc(-c5ccccc5)nc(-c5ccccc5)n4)ccc3-n3c4ccccc4c4ccccc43)c2)c1. The lowest BCUT2D eigenvalue weighted by atomic mass is 9.92. The van der Waals surface area contributed by atoms with Gasteiger partial charge in [-0.3, -0.25) is 0 Å². The number of rotatable bonds is 8. The molecule has 350 valence electrons. The summed E-state index contributed by atoms with van der Waals surface area (Å²) in [7, 11) is 0. The predicted molar refractivity (Wildman–Crippen MR) is 300 cm³/mol. The van der Waals surface area contributed by atoms with Crippen LogP contribution in [0.2, 0.25) is 0 Å². The molecular weight excluding hydrogens is 931 g/mol. The van der Waals surface area contributed by atoms with Gasteiger partial charge in [0.05, 0.1) is 80.0 Å². The molecule has 0 unspecified atom stereocenters. The maximum Gasteiger partial charge on any atom is 0.164 e. The molecule has 0 aliphatic rings. The average molecular weight is 968 g/mol. The van der Waals surface area contributed by atoms with Crippen molar-refractivity contribution >= 4 is 43.6 Å². The van der Waals surface area contributed by atoms with Crippen LogP contribution in [0.5, 0.6) is 0 Å². The molecule has 0 amide bonds. The Hall–Kier alpha value is -11.2. The van der Waals surface area contributed by atoms with E-state index in [-0.39, 0.29) is 16.7 Å². The van der Waals surface area contributed by atoms with E-state index in [2.05, 4.69) is 130 Å². The Balaban J connectivity index is 1.14. The van der Waals surface area contributed by atoms with Crippen LogP contribution in [-0.4, -0.2) is 24.1 Å². The molecule has 0 aliphatic carbocycles. The zero-order chi connectivity index (χ0) is 51.3. The number of fused-ring (bicyclic) bond motifs is 6. The minimum Gasteiger partial charge on any atom is -0.309 e. The highest BCUT2D eigenvalue weighted by Crippen LogP contribution is 2.45. The molecule has 13 rings (SSSR count). The van der Waals surface area contributed by atoms with Gasteiger partial charge in [0, 0.05) is 54.9 Å². The van der Waals surface area contributed by atoms with Crippen LogP contribution in [0.15, 0.2) is 224 Å². The van der Waals surface area contributed by atoms with Gasteiger partial charge in [-0.15, -0.1) is 0 Å². The fourth-order valence-electron chi connectivity index (χ4n) is 10.7. The number of benzene rings is 10. The normalized spacial score (nSPS) is 11.1. The molecule has 3 aromatic heterocycles. The zero-order valence-electron chi connectivity index (χ0n) is 40.4. The summed E-state index contributed by atoms with van der Waals surface area (Å²) in [4.78, 5) is 15.4. The van der Waals surface area contributed by atoms with E-state index in [0.29, 0.717) is 34.2 Å². The van der Waals surface area contributed by atoms with Crippen molar-refractivity contribution in [2.24, 2.45) is 0 Å². The summed E-state index contributed by atoms with van der Waals surface area (Å²) in [5.74, 6) is 1.60. The fraction of sp³-hybridized carbons (Fsp3) is 0. The van der Waals surface area contributed by atoms with Crippen molar-refractivity contribution in [3.05, 3.63) is 247 Å². The first-order chi connectivity index (χ1) is 37.5. The van der Waals surface area contributed by atoms with Gasteiger partial charge in [-0.05, 0) is 102 Å². The quantitative estimate of drug-likeness (QED) is 0.147. The van der Waals surface area contributed by atoms with Gasteiger partial charge in [0.15, 0.2) is 17.5 Å². The van der Waals surface area contributed by atoms with Crippen LogP contribution in [0.3, 0.4) is 0 Å². The molecule has 0 atom stereocenters. The second-order valence-electron chi connectivity index (χ2n) is 18.4. The maximum atomic E-state index is 10.4. The van der Waals surface area contributed by atoms with E-state index < -0.39 is 0 Å². The first kappa shape index (κ1) is 44.7. The molecule has 0 aliphatic heterocycles. The number of hydrogen-bond donors (Lipinski definition) is 0. The third-order valence-corrected chi connectivity index (χ3v) is 14.1. The second kappa shape index (κ2) is 18.4. The molecule has 0 N–H and O–H groups in total. The molecule has 0 radical (unpaired) electrons. The van der Waals surface area contributed by atoms with E-state index in [0.717, 1.165) is 93.9 Å². The van der Waals surface area contributed by atoms with Crippen LogP contribution in [0.1, 0.15) is 22.3 Å². The van der Waals surface area contributed by atoms with Gasteiger partial charge in [0.1, 0.15) is 0 Å². The van der Waals surface area contributed by atoms with Crippen molar-refractivity contribution in [1.29, 1.82) is 21.0 Å². The molecule has 9 nitrogen and oxygen atoms in total. The van der Waals surface area contributed by atoms with Crippen molar-refractivity contribution in [3.63, 3.8) is 0 Å². The van der Waals surface area contributed by atoms with Gasteiger partial charge < -0.3 is 9.13 Å². The average Bonchev–Trinajstić information content (AvgIpc) is 4.06. The number of hydrogen-bond acceptors (Lipinski definition) is 7. The summed E-state index contributed by atoms with van der Waals surface area (Å²) < 4.78 is 4.62. The Kier molecular flexibility index (Phi) is 10.8. The minimum absolute atomic E-state index is 0.248. The Morgan fingerprint density at radius 3 is 1.24 bits per heavy atom. The van der Waals surface area contributed by atoms with Crippen molar-refractivity contribution < 1.29 is 0 Å². The minimum atomic E-state index is 0.248. The molecule has 10 aromatic carbocycles. The molecule has 9 heteroatoms. The third kappa shape index (κ3) is 7.49. The van der Waals surface area contributed by atoms with Gasteiger partial charge in [-0.1, -0.05) is 140 Å². The molecule has 0 bridgehead atoms. The topological polar surface area (TPSA) is 144 Å². The van der Waals surface area contributed by atoms with E-state index >= 15 is 0 Å². The van der Waals surface area contributed by atoms with Gasteiger partial charge in [0.2, 0.25) is 0 Å². The van der Waals surface area contributed by atoms with Crippen molar-refractivity contribution in [3.8, 4) is 103 Å². The molecule has 0 fully saturated rings. The van der Waals surface area contributed by atoms with Crippen LogP contribution in [0.25, 0.3) is 123 Å². The number of nitrogens with zero attached hydrogens (tertiary/aromatic N) is 9. The highest BCUT2D eigenvalue weighted by molar-refractivity contribution is 6.12. The first-order valence-corrected chi connectivity index (χ1v) is 24.6. The van der Waals surface area contributed by atoms with Crippen LogP contribution >= 0.6 is 0 Å². The van der Waals surface area contributed by atoms with Gasteiger partial charge >= 0.3 is 0 Å². The maximum absolute atomic E-state index is 10.4. The van der Waals surface area contributed by atoms with E-state index in [1.807, 2.05) is 115 Å². The molecule has 0 saturated heterocycles. The molecule has 13 aromatic rings. The lowest BCUT2D eigenvalue weighted by Gasteiger charge is -2.21. The van der Waals surface area contributed by atoms with Crippen molar-refractivity contribution in [2.75, 3.05) is 0 Å². The van der Waals surface area contributed by atoms with Crippen LogP contribution in [0.4, 0.5) is 0 Å². The summed E-state index contributed by atoms with van der Waals surface area (Å²) in [5.41, 5.74) is 14.2. The van der Waals surface area contributed by atoms with Gasteiger partial charge in [0.25, 0.3) is 0 Å². The van der Waals surface area contributed by atoms with Crippen LogP contribution in [-0.2, 0) is 0 Å². The molecule has 0 spiro atoms. The zero-order valence-corrected chi connectivity index (χ0v) is 40.4. The standard InChI is InChI=1S/C67H37N9/c68-38-42-14-13-19-46(32-42)47-26-29-62(76-60-25-12-9-22-54(60)55-36-48(27-30-61(55)76)64-50(40-70)33-43(39-69)34-51(64)41-71)56(35-47)57-37-49(28-31-63(57)75-58-23-10-7-20-52(58)53-21-8-11-24-59(53)75)67-73-65(44-15-3-1-4-16-44)72-66(74-67)45-17-5-2-6-18-45/h1-37H. The number of nitriles is 4. The predicted octanol–water partition coefficient (Wildman–Crippen LogP) is 15.6. The molecular formula is C67H37N9. The Bertz CT molecular complexity index is 4550. The van der Waals surface area contributed by atoms with Gasteiger partial charge in [-0.2, -0.15) is 21.0 Å². The summed E-state index contributed by atoms with van der Waals surface area (Å²) >= 11 is 0. The van der Waals surface area contributed by atoms with E-state index in [1.165, 1.54) is 12.1 Å². The van der Waals surface area contributed by atoms with Crippen molar-refractivity contribution in [1.82, 2.24) is 24.1 Å².